The van der Waals surface area contributed by atoms with E-state index in [1.807, 2.05) is 78.9 Å². The number of hydrogen-bond acceptors (Lipinski definition) is 5. The molecule has 6 heteroatoms. The van der Waals surface area contributed by atoms with Crippen LogP contribution in [0.15, 0.2) is 78.9 Å². The number of methoxy groups -OCH3 is 4. The zero-order chi connectivity index (χ0) is 22.6. The fraction of sp³-hybridized carbons (Fsp3) is 0.192. The number of aromatic amines is 1. The molecule has 164 valence electrons. The van der Waals surface area contributed by atoms with Crippen molar-refractivity contribution in [2.24, 2.45) is 0 Å². The van der Waals surface area contributed by atoms with Crippen molar-refractivity contribution in [2.45, 2.75) is 5.79 Å². The second-order valence-corrected chi connectivity index (χ2v) is 7.16. The van der Waals surface area contributed by atoms with Gasteiger partial charge < -0.3 is 23.9 Å². The molecule has 0 amide bonds. The molecule has 0 aliphatic heterocycles. The van der Waals surface area contributed by atoms with Gasteiger partial charge in [-0.2, -0.15) is 0 Å². The van der Waals surface area contributed by atoms with Gasteiger partial charge in [0.1, 0.15) is 11.5 Å². The van der Waals surface area contributed by atoms with Crippen molar-refractivity contribution in [3.8, 4) is 34.0 Å². The third kappa shape index (κ3) is 3.86. The Kier molecular flexibility index (Phi) is 6.25. The summed E-state index contributed by atoms with van der Waals surface area (Å²) in [5.41, 5.74) is 4.36. The van der Waals surface area contributed by atoms with Crippen LogP contribution in [0.1, 0.15) is 11.4 Å². The number of H-pyrrole nitrogens is 1. The van der Waals surface area contributed by atoms with Gasteiger partial charge in [-0.15, -0.1) is 0 Å². The maximum absolute atomic E-state index is 5.92. The van der Waals surface area contributed by atoms with Gasteiger partial charge in [-0.1, -0.05) is 30.3 Å². The van der Waals surface area contributed by atoms with Gasteiger partial charge in [0.25, 0.3) is 5.79 Å². The Hall–Kier alpha value is -3.61. The predicted octanol–water partition coefficient (Wildman–Crippen LogP) is 5.25. The molecule has 0 radical (unpaired) electrons. The zero-order valence-corrected chi connectivity index (χ0v) is 18.6. The van der Waals surface area contributed by atoms with E-state index in [1.54, 1.807) is 28.4 Å². The van der Waals surface area contributed by atoms with Gasteiger partial charge in [0.2, 0.25) is 0 Å². The molecule has 0 saturated carbocycles. The average molecular weight is 431 g/mol. The van der Waals surface area contributed by atoms with Crippen LogP contribution < -0.4 is 9.47 Å². The first-order valence-electron chi connectivity index (χ1n) is 10.2. The molecule has 0 aliphatic carbocycles. The zero-order valence-electron chi connectivity index (χ0n) is 18.6. The number of rotatable bonds is 8. The number of aromatic nitrogens is 2. The monoisotopic (exact) mass is 430 g/mol. The normalized spacial score (nSPS) is 11.4. The van der Waals surface area contributed by atoms with Crippen LogP contribution in [0.3, 0.4) is 0 Å². The van der Waals surface area contributed by atoms with Gasteiger partial charge >= 0.3 is 0 Å². The molecule has 0 spiro atoms. The van der Waals surface area contributed by atoms with E-state index in [9.17, 15) is 0 Å². The van der Waals surface area contributed by atoms with E-state index in [-0.39, 0.29) is 0 Å². The van der Waals surface area contributed by atoms with Crippen molar-refractivity contribution < 1.29 is 18.9 Å². The molecule has 0 saturated heterocycles. The molecule has 1 N–H and O–H groups in total. The van der Waals surface area contributed by atoms with E-state index in [4.69, 9.17) is 23.9 Å². The van der Waals surface area contributed by atoms with E-state index in [2.05, 4.69) is 4.98 Å². The highest BCUT2D eigenvalue weighted by Gasteiger charge is 2.39. The van der Waals surface area contributed by atoms with Gasteiger partial charge in [-0.05, 0) is 48.5 Å². The summed E-state index contributed by atoms with van der Waals surface area (Å²) in [5, 5.41) is 0. The smallest absolute Gasteiger partial charge is 0.255 e. The molecular weight excluding hydrogens is 404 g/mol. The van der Waals surface area contributed by atoms with Crippen molar-refractivity contribution in [2.75, 3.05) is 28.4 Å². The largest absolute Gasteiger partial charge is 0.497 e. The van der Waals surface area contributed by atoms with Crippen molar-refractivity contribution in [1.29, 1.82) is 0 Å². The van der Waals surface area contributed by atoms with Crippen molar-refractivity contribution in [3.05, 3.63) is 90.3 Å². The number of hydrogen-bond donors (Lipinski definition) is 1. The van der Waals surface area contributed by atoms with Crippen LogP contribution in [-0.4, -0.2) is 38.4 Å². The summed E-state index contributed by atoms with van der Waals surface area (Å²) in [6.07, 6.45) is 0. The summed E-state index contributed by atoms with van der Waals surface area (Å²) in [4.78, 5) is 8.44. The van der Waals surface area contributed by atoms with Crippen LogP contribution in [0.4, 0.5) is 0 Å². The Morgan fingerprint density at radius 3 is 1.69 bits per heavy atom. The molecule has 4 rings (SSSR count). The lowest BCUT2D eigenvalue weighted by Crippen LogP contribution is -2.33. The second kappa shape index (κ2) is 9.26. The summed E-state index contributed by atoms with van der Waals surface area (Å²) < 4.78 is 22.5. The molecule has 0 unspecified atom stereocenters. The standard InChI is InChI=1S/C26H26N2O4/c1-29-21-14-10-18(11-15-21)23-24(19-12-16-22(30-2)17-13-19)28-25(27-23)26(31-3,32-4)20-8-6-5-7-9-20/h5-17H,1-4H3,(H,27,28). The fourth-order valence-electron chi connectivity index (χ4n) is 3.76. The van der Waals surface area contributed by atoms with E-state index in [0.29, 0.717) is 5.82 Å². The summed E-state index contributed by atoms with van der Waals surface area (Å²) in [6, 6.07) is 25.4. The highest BCUT2D eigenvalue weighted by atomic mass is 16.7. The number of ether oxygens (including phenoxy) is 4. The van der Waals surface area contributed by atoms with Gasteiger partial charge in [0.15, 0.2) is 5.82 Å². The molecule has 32 heavy (non-hydrogen) atoms. The third-order valence-corrected chi connectivity index (χ3v) is 5.49. The van der Waals surface area contributed by atoms with Gasteiger partial charge in [0.05, 0.1) is 25.6 Å². The first kappa shape index (κ1) is 21.6. The highest BCUT2D eigenvalue weighted by molar-refractivity contribution is 5.79. The molecule has 3 aromatic carbocycles. The van der Waals surface area contributed by atoms with Crippen LogP contribution in [-0.2, 0) is 15.3 Å². The molecule has 4 aromatic rings. The first-order valence-corrected chi connectivity index (χ1v) is 10.2. The maximum atomic E-state index is 5.92. The summed E-state index contributed by atoms with van der Waals surface area (Å²) in [7, 11) is 6.52. The average Bonchev–Trinajstić information content (AvgIpc) is 3.32. The van der Waals surface area contributed by atoms with E-state index in [1.165, 1.54) is 0 Å². The van der Waals surface area contributed by atoms with Crippen LogP contribution in [0.2, 0.25) is 0 Å². The summed E-state index contributed by atoms with van der Waals surface area (Å²) in [6.45, 7) is 0. The SMILES string of the molecule is COc1ccc(-c2nc(C(OC)(OC)c3ccccc3)[nH]c2-c2ccc(OC)cc2)cc1. The van der Waals surface area contributed by atoms with Crippen molar-refractivity contribution in [1.82, 2.24) is 9.97 Å². The number of imidazole rings is 1. The van der Waals surface area contributed by atoms with E-state index in [0.717, 1.165) is 39.6 Å². The Bertz CT molecular complexity index is 1080. The van der Waals surface area contributed by atoms with Crippen LogP contribution in [0.25, 0.3) is 22.5 Å². The molecular formula is C26H26N2O4. The molecule has 0 atom stereocenters. The molecule has 1 aromatic heterocycles. The van der Waals surface area contributed by atoms with Gasteiger partial charge in [0, 0.05) is 30.9 Å². The van der Waals surface area contributed by atoms with Crippen molar-refractivity contribution >= 4 is 0 Å². The Balaban J connectivity index is 1.91. The van der Waals surface area contributed by atoms with Crippen LogP contribution >= 0.6 is 0 Å². The minimum absolute atomic E-state index is 0.547. The van der Waals surface area contributed by atoms with E-state index >= 15 is 0 Å². The number of nitrogens with zero attached hydrogens (tertiary/aromatic N) is 1. The first-order chi connectivity index (χ1) is 15.6. The van der Waals surface area contributed by atoms with Crippen LogP contribution in [0, 0.1) is 0 Å². The van der Waals surface area contributed by atoms with Crippen molar-refractivity contribution in [3.63, 3.8) is 0 Å². The Morgan fingerprint density at radius 1 is 0.656 bits per heavy atom. The fourth-order valence-corrected chi connectivity index (χ4v) is 3.76. The lowest BCUT2D eigenvalue weighted by Gasteiger charge is -2.29. The maximum Gasteiger partial charge on any atom is 0.255 e. The number of benzene rings is 3. The summed E-state index contributed by atoms with van der Waals surface area (Å²) in [5.74, 6) is 0.924. The predicted molar refractivity (Wildman–Crippen MR) is 124 cm³/mol. The minimum atomic E-state index is -1.19. The molecule has 6 nitrogen and oxygen atoms in total. The summed E-state index contributed by atoms with van der Waals surface area (Å²) >= 11 is 0. The second-order valence-electron chi connectivity index (χ2n) is 7.16. The quantitative estimate of drug-likeness (QED) is 0.387. The number of nitrogens with one attached hydrogen (secondary N) is 1. The molecule has 1 heterocycles. The van der Waals surface area contributed by atoms with Gasteiger partial charge in [-0.3, -0.25) is 0 Å². The van der Waals surface area contributed by atoms with Crippen LogP contribution in [0.5, 0.6) is 11.5 Å². The Morgan fingerprint density at radius 2 is 1.19 bits per heavy atom. The molecule has 0 aliphatic rings. The minimum Gasteiger partial charge on any atom is -0.497 e. The lowest BCUT2D eigenvalue weighted by molar-refractivity contribution is -0.188. The molecule has 0 bridgehead atoms. The Labute approximate surface area is 187 Å². The van der Waals surface area contributed by atoms with E-state index < -0.39 is 5.79 Å². The third-order valence-electron chi connectivity index (χ3n) is 5.49. The topological polar surface area (TPSA) is 65.6 Å². The highest BCUT2D eigenvalue weighted by Crippen LogP contribution is 2.38. The molecule has 0 fully saturated rings. The van der Waals surface area contributed by atoms with Gasteiger partial charge in [-0.25, -0.2) is 4.98 Å². The lowest BCUT2D eigenvalue weighted by atomic mass is 10.0.